The van der Waals surface area contributed by atoms with Crippen molar-refractivity contribution in [3.05, 3.63) is 57.6 Å². The van der Waals surface area contributed by atoms with E-state index in [1.54, 1.807) is 14.2 Å². The Bertz CT molecular complexity index is 1080. The molecule has 0 aliphatic carbocycles. The summed E-state index contributed by atoms with van der Waals surface area (Å²) in [6, 6.07) is 8.76. The maximum absolute atomic E-state index is 5.75. The van der Waals surface area contributed by atoms with E-state index >= 15 is 0 Å². The lowest BCUT2D eigenvalue weighted by Crippen LogP contribution is -2.11. The average Bonchev–Trinajstić information content (AvgIpc) is 2.89. The minimum Gasteiger partial charge on any atom is -0.497 e. The number of aryl methyl sites for hydroxylation is 4. The Kier molecular flexibility index (Phi) is 13.3. The van der Waals surface area contributed by atoms with Gasteiger partial charge in [-0.05, 0) is 120 Å². The SMILES string of the molecule is COc1cc(CCC(C)(C)C)c(/C=N/N=C/c2c(CCC(C)(C)C)cc(OC)cc2CCC(C)(C)C)c(CCC(C)(C)C)c1. The summed E-state index contributed by atoms with van der Waals surface area (Å²) in [5.41, 5.74) is 8.45. The molecule has 0 aliphatic heterocycles. The molecule has 4 heteroatoms. The van der Waals surface area contributed by atoms with Gasteiger partial charge in [-0.15, -0.1) is 0 Å². The predicted octanol–water partition coefficient (Wildman–Crippen LogP) is 11.1. The molecule has 0 aromatic heterocycles. The monoisotopic (exact) mass is 604 g/mol. The molecule has 0 fully saturated rings. The molecule has 0 heterocycles. The van der Waals surface area contributed by atoms with Crippen molar-refractivity contribution >= 4 is 12.4 Å². The Morgan fingerprint density at radius 3 is 0.864 bits per heavy atom. The number of hydrogen-bond donors (Lipinski definition) is 0. The lowest BCUT2D eigenvalue weighted by molar-refractivity contribution is 0.373. The molecule has 0 N–H and O–H groups in total. The summed E-state index contributed by atoms with van der Waals surface area (Å²) in [5.74, 6) is 1.84. The van der Waals surface area contributed by atoms with Gasteiger partial charge in [-0.1, -0.05) is 83.1 Å². The highest BCUT2D eigenvalue weighted by atomic mass is 16.5. The lowest BCUT2D eigenvalue weighted by Gasteiger charge is -2.22. The number of methoxy groups -OCH3 is 2. The summed E-state index contributed by atoms with van der Waals surface area (Å²) in [6.07, 6.45) is 12.2. The topological polar surface area (TPSA) is 43.2 Å². The number of benzene rings is 2. The Morgan fingerprint density at radius 2 is 0.682 bits per heavy atom. The van der Waals surface area contributed by atoms with Gasteiger partial charge in [0.25, 0.3) is 0 Å². The summed E-state index contributed by atoms with van der Waals surface area (Å²) in [6.45, 7) is 27.6. The minimum atomic E-state index is 0.239. The van der Waals surface area contributed by atoms with Crippen LogP contribution in [0.2, 0.25) is 0 Å². The van der Waals surface area contributed by atoms with Crippen LogP contribution in [0.25, 0.3) is 0 Å². The van der Waals surface area contributed by atoms with Crippen LogP contribution in [-0.2, 0) is 25.7 Å². The molecule has 0 radical (unpaired) electrons. The Hall–Kier alpha value is -2.62. The normalized spacial score (nSPS) is 13.3. The molecule has 4 nitrogen and oxygen atoms in total. The molecule has 0 saturated heterocycles. The summed E-state index contributed by atoms with van der Waals surface area (Å²) in [4.78, 5) is 0. The second kappa shape index (κ2) is 15.6. The van der Waals surface area contributed by atoms with Gasteiger partial charge in [-0.3, -0.25) is 0 Å². The third kappa shape index (κ3) is 14.0. The molecule has 2 aromatic carbocycles. The molecular formula is C40H64N2O2. The van der Waals surface area contributed by atoms with Gasteiger partial charge >= 0.3 is 0 Å². The van der Waals surface area contributed by atoms with E-state index in [1.807, 2.05) is 12.4 Å². The predicted molar refractivity (Wildman–Crippen MR) is 192 cm³/mol. The van der Waals surface area contributed by atoms with Crippen molar-refractivity contribution in [2.75, 3.05) is 14.2 Å². The second-order valence-corrected chi connectivity index (χ2v) is 17.5. The van der Waals surface area contributed by atoms with Crippen LogP contribution in [-0.4, -0.2) is 26.6 Å². The van der Waals surface area contributed by atoms with Crippen molar-refractivity contribution in [2.24, 2.45) is 31.9 Å². The zero-order chi connectivity index (χ0) is 33.3. The van der Waals surface area contributed by atoms with Crippen molar-refractivity contribution in [1.29, 1.82) is 0 Å². The van der Waals surface area contributed by atoms with E-state index < -0.39 is 0 Å². The zero-order valence-corrected chi connectivity index (χ0v) is 30.8. The Labute approximate surface area is 271 Å². The van der Waals surface area contributed by atoms with Gasteiger partial charge in [-0.25, -0.2) is 0 Å². The fraction of sp³-hybridized carbons (Fsp3) is 0.650. The van der Waals surface area contributed by atoms with E-state index in [0.29, 0.717) is 0 Å². The molecule has 0 atom stereocenters. The molecule has 0 unspecified atom stereocenters. The minimum absolute atomic E-state index is 0.239. The highest BCUT2D eigenvalue weighted by molar-refractivity contribution is 5.87. The number of rotatable bonds is 13. The third-order valence-electron chi connectivity index (χ3n) is 8.14. The lowest BCUT2D eigenvalue weighted by atomic mass is 9.84. The van der Waals surface area contributed by atoms with Crippen molar-refractivity contribution < 1.29 is 9.47 Å². The van der Waals surface area contributed by atoms with Gasteiger partial charge in [0, 0.05) is 11.1 Å². The Balaban J connectivity index is 2.59. The van der Waals surface area contributed by atoms with E-state index in [0.717, 1.165) is 62.9 Å². The molecule has 44 heavy (non-hydrogen) atoms. The van der Waals surface area contributed by atoms with E-state index in [-0.39, 0.29) is 21.7 Å². The first-order chi connectivity index (χ1) is 20.2. The first kappa shape index (κ1) is 37.6. The molecule has 0 bridgehead atoms. The van der Waals surface area contributed by atoms with Gasteiger partial charge in [-0.2, -0.15) is 10.2 Å². The maximum atomic E-state index is 5.75. The summed E-state index contributed by atoms with van der Waals surface area (Å²) in [5, 5.41) is 9.44. The van der Waals surface area contributed by atoms with Crippen LogP contribution in [0.5, 0.6) is 11.5 Å². The zero-order valence-electron chi connectivity index (χ0n) is 30.8. The van der Waals surface area contributed by atoms with Gasteiger partial charge in [0.1, 0.15) is 11.5 Å². The molecule has 0 aliphatic rings. The van der Waals surface area contributed by atoms with Crippen molar-refractivity contribution in [2.45, 2.75) is 134 Å². The smallest absolute Gasteiger partial charge is 0.119 e. The van der Waals surface area contributed by atoms with Gasteiger partial charge in [0.15, 0.2) is 0 Å². The standard InChI is InChI=1S/C40H64N2O2/c1-37(2,3)19-15-29-23-33(43-13)24-30(16-20-38(4,5)6)35(29)27-41-42-28-36-31(17-21-39(7,8)9)25-34(44-14)26-32(36)18-22-40(10,11)12/h23-28H,15-22H2,1-14H3/b41-27+,42-28+. The first-order valence-corrected chi connectivity index (χ1v) is 16.7. The van der Waals surface area contributed by atoms with Crippen LogP contribution in [0, 0.1) is 21.7 Å². The quantitative estimate of drug-likeness (QED) is 0.169. The van der Waals surface area contributed by atoms with Crippen LogP contribution in [0.1, 0.15) is 142 Å². The van der Waals surface area contributed by atoms with E-state index in [4.69, 9.17) is 19.7 Å². The maximum Gasteiger partial charge on any atom is 0.119 e. The fourth-order valence-electron chi connectivity index (χ4n) is 5.11. The van der Waals surface area contributed by atoms with Crippen molar-refractivity contribution in [3.63, 3.8) is 0 Å². The highest BCUT2D eigenvalue weighted by Gasteiger charge is 2.19. The highest BCUT2D eigenvalue weighted by Crippen LogP contribution is 2.32. The number of ether oxygens (including phenoxy) is 2. The van der Waals surface area contributed by atoms with E-state index in [2.05, 4.69) is 107 Å². The second-order valence-electron chi connectivity index (χ2n) is 17.5. The number of nitrogens with zero attached hydrogens (tertiary/aromatic N) is 2. The first-order valence-electron chi connectivity index (χ1n) is 16.7. The average molecular weight is 605 g/mol. The van der Waals surface area contributed by atoms with Crippen molar-refractivity contribution in [1.82, 2.24) is 0 Å². The van der Waals surface area contributed by atoms with Crippen LogP contribution in [0.15, 0.2) is 34.5 Å². The summed E-state index contributed by atoms with van der Waals surface area (Å²) < 4.78 is 11.5. The summed E-state index contributed by atoms with van der Waals surface area (Å²) in [7, 11) is 3.52. The van der Waals surface area contributed by atoms with Gasteiger partial charge in [0.05, 0.1) is 26.6 Å². The molecule has 2 rings (SSSR count). The van der Waals surface area contributed by atoms with Crippen molar-refractivity contribution in [3.8, 4) is 11.5 Å². The van der Waals surface area contributed by atoms with Crippen LogP contribution < -0.4 is 9.47 Å². The third-order valence-corrected chi connectivity index (χ3v) is 8.14. The van der Waals surface area contributed by atoms with Crippen LogP contribution in [0.4, 0.5) is 0 Å². The van der Waals surface area contributed by atoms with Crippen LogP contribution >= 0.6 is 0 Å². The molecule has 246 valence electrons. The number of hydrogen-bond acceptors (Lipinski definition) is 4. The molecule has 0 spiro atoms. The molecule has 0 saturated carbocycles. The largest absolute Gasteiger partial charge is 0.497 e. The Morgan fingerprint density at radius 1 is 0.455 bits per heavy atom. The van der Waals surface area contributed by atoms with E-state index in [1.165, 1.54) is 33.4 Å². The summed E-state index contributed by atoms with van der Waals surface area (Å²) >= 11 is 0. The molecule has 0 amide bonds. The molecule has 2 aromatic rings. The fourth-order valence-corrected chi connectivity index (χ4v) is 5.11. The molecular weight excluding hydrogens is 540 g/mol. The van der Waals surface area contributed by atoms with Gasteiger partial charge in [0.2, 0.25) is 0 Å². The van der Waals surface area contributed by atoms with E-state index in [9.17, 15) is 0 Å². The van der Waals surface area contributed by atoms with Crippen LogP contribution in [0.3, 0.4) is 0 Å². The van der Waals surface area contributed by atoms with Gasteiger partial charge < -0.3 is 9.47 Å².